The lowest BCUT2D eigenvalue weighted by atomic mass is 10.0. The normalized spacial score (nSPS) is 12.5. The topological polar surface area (TPSA) is 41.5 Å². The van der Waals surface area contributed by atoms with E-state index in [-0.39, 0.29) is 5.69 Å². The van der Waals surface area contributed by atoms with Gasteiger partial charge in [0.1, 0.15) is 0 Å². The molecule has 3 nitrogen and oxygen atoms in total. The smallest absolute Gasteiger partial charge is 0.322 e. The first kappa shape index (κ1) is 26.7. The van der Waals surface area contributed by atoms with E-state index < -0.39 is 17.6 Å². The monoisotopic (exact) mass is 466 g/mol. The number of benzene rings is 2. The fraction of sp³-hybridized carbons (Fsp3) is 0.286. The number of allylic oxidation sites excluding steroid dienone is 3. The van der Waals surface area contributed by atoms with Gasteiger partial charge in [-0.15, -0.1) is 0 Å². The molecule has 34 heavy (non-hydrogen) atoms. The number of aryl methyl sites for hydroxylation is 2. The molecule has 0 aliphatic heterocycles. The maximum atomic E-state index is 13.2. The molecule has 2 aromatic rings. The van der Waals surface area contributed by atoms with Crippen molar-refractivity contribution in [2.75, 3.05) is 5.32 Å². The van der Waals surface area contributed by atoms with Gasteiger partial charge in [0, 0.05) is 34.8 Å². The molecule has 0 saturated heterocycles. The Morgan fingerprint density at radius 2 is 1.88 bits per heavy atom. The molecule has 0 fully saturated rings. The number of anilines is 1. The zero-order chi connectivity index (χ0) is 25.3. The number of hydrogen-bond donors (Lipinski definition) is 1. The van der Waals surface area contributed by atoms with Crippen LogP contribution in [0.4, 0.5) is 18.9 Å². The highest BCUT2D eigenvalue weighted by Crippen LogP contribution is 2.32. The summed E-state index contributed by atoms with van der Waals surface area (Å²) in [6, 6.07) is 8.63. The van der Waals surface area contributed by atoms with E-state index in [0.717, 1.165) is 35.3 Å². The van der Waals surface area contributed by atoms with Crippen LogP contribution in [0.1, 0.15) is 66.7 Å². The molecule has 0 bridgehead atoms. The van der Waals surface area contributed by atoms with E-state index in [9.17, 15) is 18.0 Å². The largest absolute Gasteiger partial charge is 0.416 e. The summed E-state index contributed by atoms with van der Waals surface area (Å²) in [6.45, 7) is 9.53. The molecule has 0 unspecified atom stereocenters. The average molecular weight is 467 g/mol. The average Bonchev–Trinajstić information content (AvgIpc) is 2.80. The molecule has 2 rings (SSSR count). The Kier molecular flexibility index (Phi) is 9.44. The molecule has 0 radical (unpaired) electrons. The van der Waals surface area contributed by atoms with Gasteiger partial charge in [0.15, 0.2) is 0 Å². The summed E-state index contributed by atoms with van der Waals surface area (Å²) in [5, 5.41) is 2.59. The highest BCUT2D eigenvalue weighted by atomic mass is 19.4. The Bertz CT molecular complexity index is 1190. The zero-order valence-electron chi connectivity index (χ0n) is 20.1. The number of carbonyl (C=O) groups is 1. The van der Waals surface area contributed by atoms with Crippen LogP contribution < -0.4 is 5.32 Å². The molecule has 0 aliphatic rings. The maximum Gasteiger partial charge on any atom is 0.416 e. The number of hydrogen-bond acceptors (Lipinski definition) is 2. The molecule has 0 spiro atoms. The van der Waals surface area contributed by atoms with Crippen LogP contribution in [0.3, 0.4) is 0 Å². The van der Waals surface area contributed by atoms with E-state index in [4.69, 9.17) is 0 Å². The first-order valence-electron chi connectivity index (χ1n) is 11.1. The van der Waals surface area contributed by atoms with Gasteiger partial charge in [-0.2, -0.15) is 13.2 Å². The van der Waals surface area contributed by atoms with E-state index in [1.165, 1.54) is 0 Å². The fourth-order valence-electron chi connectivity index (χ4n) is 3.00. The van der Waals surface area contributed by atoms with Gasteiger partial charge < -0.3 is 5.32 Å². The number of aliphatic imine (C=N–C) groups is 1. The summed E-state index contributed by atoms with van der Waals surface area (Å²) >= 11 is 0. The van der Waals surface area contributed by atoms with Gasteiger partial charge in [-0.05, 0) is 81.1 Å². The molecule has 1 N–H and O–H groups in total. The quantitative estimate of drug-likeness (QED) is 0.267. The minimum absolute atomic E-state index is 0.104. The van der Waals surface area contributed by atoms with Crippen molar-refractivity contribution in [3.63, 3.8) is 0 Å². The molecule has 2 aromatic carbocycles. The number of nitrogens with zero attached hydrogens (tertiary/aromatic N) is 1. The Labute approximate surface area is 199 Å². The fourth-order valence-corrected chi connectivity index (χ4v) is 3.00. The number of carbonyl (C=O) groups excluding carboxylic acids is 1. The molecule has 0 aliphatic carbocycles. The molecular formula is C28H29F3N2O. The number of nitrogens with one attached hydrogen (secondary N) is 1. The van der Waals surface area contributed by atoms with Crippen molar-refractivity contribution in [3.05, 3.63) is 87.6 Å². The number of rotatable bonds is 6. The minimum atomic E-state index is -4.49. The molecule has 0 saturated carbocycles. The summed E-state index contributed by atoms with van der Waals surface area (Å²) in [5.74, 6) is 5.69. The van der Waals surface area contributed by atoms with E-state index in [1.807, 2.05) is 26.8 Å². The van der Waals surface area contributed by atoms with Crippen LogP contribution in [0.2, 0.25) is 0 Å². The van der Waals surface area contributed by atoms with Gasteiger partial charge in [-0.25, -0.2) is 0 Å². The Balaban J connectivity index is 2.37. The zero-order valence-corrected chi connectivity index (χ0v) is 20.1. The summed E-state index contributed by atoms with van der Waals surface area (Å²) < 4.78 is 39.7. The SMILES string of the molecule is CC=N/C=C(C#Cc1cc(C(=O)Nc2cc(CC)cc(C(F)(F)F)c2)ccc1C)\C=C(/C)CC. The van der Waals surface area contributed by atoms with Gasteiger partial charge in [0.25, 0.3) is 5.91 Å². The highest BCUT2D eigenvalue weighted by molar-refractivity contribution is 6.04. The van der Waals surface area contributed by atoms with Gasteiger partial charge in [-0.1, -0.05) is 37.3 Å². The van der Waals surface area contributed by atoms with Crippen LogP contribution in [0, 0.1) is 18.8 Å². The van der Waals surface area contributed by atoms with Crippen molar-refractivity contribution in [2.45, 2.75) is 53.6 Å². The molecule has 1 amide bonds. The van der Waals surface area contributed by atoms with Crippen molar-refractivity contribution in [1.29, 1.82) is 0 Å². The van der Waals surface area contributed by atoms with E-state index in [1.54, 1.807) is 43.6 Å². The predicted octanol–water partition coefficient (Wildman–Crippen LogP) is 7.51. The standard InChI is InChI=1S/C28H29F3N2O/c1-6-19(4)13-22(18-32-8-3)10-12-23-16-24(11-9-20(23)5)27(34)33-26-15-21(7-2)14-25(17-26)28(29,30)31/h8-9,11,13-18H,6-7H2,1-5H3,(H,33,34)/b19-13+,22-18-,32-8?. The predicted molar refractivity (Wildman–Crippen MR) is 133 cm³/mol. The lowest BCUT2D eigenvalue weighted by Gasteiger charge is -2.13. The van der Waals surface area contributed by atoms with Crippen LogP contribution in [-0.4, -0.2) is 12.1 Å². The summed E-state index contributed by atoms with van der Waals surface area (Å²) in [6.07, 6.45) is 2.13. The lowest BCUT2D eigenvalue weighted by molar-refractivity contribution is -0.137. The summed E-state index contributed by atoms with van der Waals surface area (Å²) in [5.41, 5.74) is 3.54. The Morgan fingerprint density at radius 3 is 2.50 bits per heavy atom. The summed E-state index contributed by atoms with van der Waals surface area (Å²) in [4.78, 5) is 17.0. The van der Waals surface area contributed by atoms with Gasteiger partial charge in [0.05, 0.1) is 5.56 Å². The second-order valence-corrected chi connectivity index (χ2v) is 7.84. The van der Waals surface area contributed by atoms with Crippen LogP contribution in [0.5, 0.6) is 0 Å². The minimum Gasteiger partial charge on any atom is -0.322 e. The first-order chi connectivity index (χ1) is 16.1. The van der Waals surface area contributed by atoms with Gasteiger partial charge in [-0.3, -0.25) is 9.79 Å². The van der Waals surface area contributed by atoms with Crippen molar-refractivity contribution >= 4 is 17.8 Å². The van der Waals surface area contributed by atoms with E-state index in [0.29, 0.717) is 23.1 Å². The van der Waals surface area contributed by atoms with Crippen molar-refractivity contribution < 1.29 is 18.0 Å². The van der Waals surface area contributed by atoms with Gasteiger partial charge >= 0.3 is 6.18 Å². The first-order valence-corrected chi connectivity index (χ1v) is 11.1. The highest BCUT2D eigenvalue weighted by Gasteiger charge is 2.31. The number of amides is 1. The van der Waals surface area contributed by atoms with Crippen LogP contribution >= 0.6 is 0 Å². The molecule has 0 heterocycles. The van der Waals surface area contributed by atoms with Crippen LogP contribution in [-0.2, 0) is 12.6 Å². The summed E-state index contributed by atoms with van der Waals surface area (Å²) in [7, 11) is 0. The third kappa shape index (κ3) is 7.77. The maximum absolute atomic E-state index is 13.2. The molecule has 178 valence electrons. The van der Waals surface area contributed by atoms with Crippen molar-refractivity contribution in [3.8, 4) is 11.8 Å². The van der Waals surface area contributed by atoms with Crippen LogP contribution in [0.25, 0.3) is 0 Å². The van der Waals surface area contributed by atoms with Gasteiger partial charge in [0.2, 0.25) is 0 Å². The second-order valence-electron chi connectivity index (χ2n) is 7.84. The van der Waals surface area contributed by atoms with Crippen LogP contribution in [0.15, 0.2) is 64.8 Å². The molecular weight excluding hydrogens is 437 g/mol. The Morgan fingerprint density at radius 1 is 1.15 bits per heavy atom. The third-order valence-corrected chi connectivity index (χ3v) is 5.15. The molecule has 0 aromatic heterocycles. The third-order valence-electron chi connectivity index (χ3n) is 5.15. The lowest BCUT2D eigenvalue weighted by Crippen LogP contribution is -2.14. The van der Waals surface area contributed by atoms with Crippen molar-refractivity contribution in [2.24, 2.45) is 4.99 Å². The van der Waals surface area contributed by atoms with E-state index >= 15 is 0 Å². The van der Waals surface area contributed by atoms with Crippen molar-refractivity contribution in [1.82, 2.24) is 0 Å². The second kappa shape index (κ2) is 12.0. The molecule has 0 atom stereocenters. The number of alkyl halides is 3. The number of halogens is 3. The Hall–Kier alpha value is -3.59. The van der Waals surface area contributed by atoms with E-state index in [2.05, 4.69) is 29.1 Å². The molecule has 6 heteroatoms.